The summed E-state index contributed by atoms with van der Waals surface area (Å²) < 4.78 is 0. The zero-order valence-corrected chi connectivity index (χ0v) is 9.57. The normalized spacial score (nSPS) is 18.6. The lowest BCUT2D eigenvalue weighted by Crippen LogP contribution is -2.44. The van der Waals surface area contributed by atoms with Crippen molar-refractivity contribution >= 4 is 11.3 Å². The number of rotatable bonds is 3. The molecule has 78 valence electrons. The fourth-order valence-electron chi connectivity index (χ4n) is 1.82. The fraction of sp³-hybridized carbons (Fsp3) is 0.636. The second-order valence-electron chi connectivity index (χ2n) is 3.93. The Bertz CT molecular complexity index is 277. The molecule has 0 aromatic carbocycles. The number of nitrogens with zero attached hydrogens (tertiary/aromatic N) is 1. The van der Waals surface area contributed by atoms with Gasteiger partial charge in [-0.2, -0.15) is 0 Å². The maximum atomic E-state index is 3.38. The summed E-state index contributed by atoms with van der Waals surface area (Å²) in [7, 11) is 0. The Labute approximate surface area is 89.9 Å². The molecule has 0 atom stereocenters. The Morgan fingerprint density at radius 2 is 2.21 bits per heavy atom. The van der Waals surface area contributed by atoms with Gasteiger partial charge in [0.05, 0.1) is 0 Å². The third-order valence-electron chi connectivity index (χ3n) is 2.67. The van der Waals surface area contributed by atoms with Gasteiger partial charge >= 0.3 is 0 Å². The van der Waals surface area contributed by atoms with Crippen LogP contribution in [0.15, 0.2) is 11.4 Å². The topological polar surface area (TPSA) is 15.3 Å². The van der Waals surface area contributed by atoms with Gasteiger partial charge in [0.2, 0.25) is 0 Å². The van der Waals surface area contributed by atoms with E-state index in [1.807, 2.05) is 11.3 Å². The summed E-state index contributed by atoms with van der Waals surface area (Å²) in [6.07, 6.45) is 1.22. The van der Waals surface area contributed by atoms with E-state index in [1.54, 1.807) is 0 Å². The standard InChI is InChI=1S/C11H18N2S/c1-10-8-11(14-9-10)2-5-13-6-3-12-4-7-13/h8-9,12H,2-7H2,1H3. The van der Waals surface area contributed by atoms with Gasteiger partial charge in [-0.3, -0.25) is 0 Å². The number of piperazine rings is 1. The molecule has 1 aliphatic heterocycles. The van der Waals surface area contributed by atoms with Crippen LogP contribution in [0.25, 0.3) is 0 Å². The van der Waals surface area contributed by atoms with Gasteiger partial charge in [0, 0.05) is 37.6 Å². The van der Waals surface area contributed by atoms with E-state index in [2.05, 4.69) is 28.6 Å². The van der Waals surface area contributed by atoms with Crippen molar-refractivity contribution in [1.82, 2.24) is 10.2 Å². The van der Waals surface area contributed by atoms with Crippen molar-refractivity contribution in [2.75, 3.05) is 32.7 Å². The van der Waals surface area contributed by atoms with Crippen LogP contribution in [0.1, 0.15) is 10.4 Å². The summed E-state index contributed by atoms with van der Waals surface area (Å²) in [5, 5.41) is 5.62. The number of aryl methyl sites for hydroxylation is 1. The van der Waals surface area contributed by atoms with Gasteiger partial charge in [-0.05, 0) is 30.4 Å². The number of hydrogen-bond donors (Lipinski definition) is 1. The van der Waals surface area contributed by atoms with E-state index in [-0.39, 0.29) is 0 Å². The number of nitrogens with one attached hydrogen (secondary N) is 1. The lowest BCUT2D eigenvalue weighted by Gasteiger charge is -2.26. The van der Waals surface area contributed by atoms with Crippen molar-refractivity contribution < 1.29 is 0 Å². The first-order valence-electron chi connectivity index (χ1n) is 5.32. The summed E-state index contributed by atoms with van der Waals surface area (Å²) >= 11 is 1.90. The smallest absolute Gasteiger partial charge is 0.0108 e. The van der Waals surface area contributed by atoms with E-state index in [4.69, 9.17) is 0 Å². The van der Waals surface area contributed by atoms with Crippen LogP contribution >= 0.6 is 11.3 Å². The lowest BCUT2D eigenvalue weighted by molar-refractivity contribution is 0.244. The van der Waals surface area contributed by atoms with Gasteiger partial charge < -0.3 is 10.2 Å². The highest BCUT2D eigenvalue weighted by atomic mass is 32.1. The van der Waals surface area contributed by atoms with Crippen molar-refractivity contribution in [2.45, 2.75) is 13.3 Å². The Balaban J connectivity index is 1.76. The van der Waals surface area contributed by atoms with E-state index in [9.17, 15) is 0 Å². The summed E-state index contributed by atoms with van der Waals surface area (Å²) in [5.74, 6) is 0. The molecule has 1 aromatic heterocycles. The Morgan fingerprint density at radius 1 is 1.43 bits per heavy atom. The average Bonchev–Trinajstić information content (AvgIpc) is 2.63. The van der Waals surface area contributed by atoms with Crippen LogP contribution in [-0.2, 0) is 6.42 Å². The predicted octanol–water partition coefficient (Wildman–Crippen LogP) is 1.50. The Kier molecular flexibility index (Phi) is 3.56. The van der Waals surface area contributed by atoms with Gasteiger partial charge in [0.1, 0.15) is 0 Å². The molecular weight excluding hydrogens is 192 g/mol. The Hall–Kier alpha value is -0.380. The Morgan fingerprint density at radius 3 is 2.86 bits per heavy atom. The first kappa shape index (κ1) is 10.1. The van der Waals surface area contributed by atoms with Crippen LogP contribution in [-0.4, -0.2) is 37.6 Å². The predicted molar refractivity (Wildman–Crippen MR) is 62.1 cm³/mol. The SMILES string of the molecule is Cc1csc(CCN2CCNCC2)c1. The van der Waals surface area contributed by atoms with Crippen molar-refractivity contribution in [2.24, 2.45) is 0 Å². The summed E-state index contributed by atoms with van der Waals surface area (Å²) in [4.78, 5) is 4.08. The van der Waals surface area contributed by atoms with E-state index >= 15 is 0 Å². The van der Waals surface area contributed by atoms with Crippen LogP contribution in [0.3, 0.4) is 0 Å². The molecular formula is C11H18N2S. The minimum Gasteiger partial charge on any atom is -0.314 e. The average molecular weight is 210 g/mol. The van der Waals surface area contributed by atoms with Gasteiger partial charge in [0.15, 0.2) is 0 Å². The molecule has 0 unspecified atom stereocenters. The van der Waals surface area contributed by atoms with Gasteiger partial charge in [0.25, 0.3) is 0 Å². The fourth-order valence-corrected chi connectivity index (χ4v) is 2.69. The van der Waals surface area contributed by atoms with Crippen LogP contribution < -0.4 is 5.32 Å². The molecule has 1 saturated heterocycles. The van der Waals surface area contributed by atoms with Crippen molar-refractivity contribution in [3.63, 3.8) is 0 Å². The van der Waals surface area contributed by atoms with E-state index < -0.39 is 0 Å². The molecule has 0 aliphatic carbocycles. The largest absolute Gasteiger partial charge is 0.314 e. The van der Waals surface area contributed by atoms with Gasteiger partial charge in [-0.25, -0.2) is 0 Å². The van der Waals surface area contributed by atoms with E-state index in [0.29, 0.717) is 0 Å². The van der Waals surface area contributed by atoms with Crippen molar-refractivity contribution in [3.05, 3.63) is 21.9 Å². The molecule has 2 nitrogen and oxygen atoms in total. The van der Waals surface area contributed by atoms with Gasteiger partial charge in [-0.15, -0.1) is 11.3 Å². The highest BCUT2D eigenvalue weighted by Crippen LogP contribution is 2.14. The molecule has 3 heteroatoms. The molecule has 0 saturated carbocycles. The molecule has 2 heterocycles. The molecule has 14 heavy (non-hydrogen) atoms. The van der Waals surface area contributed by atoms with Crippen LogP contribution in [0.5, 0.6) is 0 Å². The summed E-state index contributed by atoms with van der Waals surface area (Å²) in [5.41, 5.74) is 1.41. The quantitative estimate of drug-likeness (QED) is 0.813. The summed E-state index contributed by atoms with van der Waals surface area (Å²) in [6.45, 7) is 8.13. The number of hydrogen-bond acceptors (Lipinski definition) is 3. The van der Waals surface area contributed by atoms with Gasteiger partial charge in [-0.1, -0.05) is 0 Å². The molecule has 1 fully saturated rings. The molecule has 1 aromatic rings. The molecule has 2 rings (SSSR count). The molecule has 0 bridgehead atoms. The molecule has 0 amide bonds. The van der Waals surface area contributed by atoms with Crippen LogP contribution in [0.2, 0.25) is 0 Å². The molecule has 1 N–H and O–H groups in total. The summed E-state index contributed by atoms with van der Waals surface area (Å²) in [6, 6.07) is 2.31. The zero-order chi connectivity index (χ0) is 9.80. The van der Waals surface area contributed by atoms with E-state index in [0.717, 1.165) is 13.1 Å². The van der Waals surface area contributed by atoms with Crippen LogP contribution in [0, 0.1) is 6.92 Å². The first-order valence-corrected chi connectivity index (χ1v) is 6.19. The maximum absolute atomic E-state index is 3.38. The first-order chi connectivity index (χ1) is 6.84. The maximum Gasteiger partial charge on any atom is 0.0108 e. The number of thiophene rings is 1. The van der Waals surface area contributed by atoms with E-state index in [1.165, 1.54) is 36.5 Å². The van der Waals surface area contributed by atoms with Crippen molar-refractivity contribution in [3.8, 4) is 0 Å². The molecule has 0 spiro atoms. The second-order valence-corrected chi connectivity index (χ2v) is 4.93. The van der Waals surface area contributed by atoms with Crippen molar-refractivity contribution in [1.29, 1.82) is 0 Å². The highest BCUT2D eigenvalue weighted by molar-refractivity contribution is 7.10. The third kappa shape index (κ3) is 2.80. The zero-order valence-electron chi connectivity index (χ0n) is 8.75. The third-order valence-corrected chi connectivity index (χ3v) is 3.78. The minimum absolute atomic E-state index is 1.16. The highest BCUT2D eigenvalue weighted by Gasteiger charge is 2.09. The lowest BCUT2D eigenvalue weighted by atomic mass is 10.2. The monoisotopic (exact) mass is 210 g/mol. The molecule has 1 aliphatic rings. The van der Waals surface area contributed by atoms with Crippen LogP contribution in [0.4, 0.5) is 0 Å². The molecule has 0 radical (unpaired) electrons. The minimum atomic E-state index is 1.16. The second kappa shape index (κ2) is 4.91.